The molecule has 2 heterocycles. The molecule has 0 aromatic carbocycles. The van der Waals surface area contributed by atoms with Gasteiger partial charge in [-0.3, -0.25) is 23.6 Å². The summed E-state index contributed by atoms with van der Waals surface area (Å²) in [6.45, 7) is 13.2. The number of rotatable bonds is 18. The normalized spacial score (nSPS) is 17.6. The van der Waals surface area contributed by atoms with Gasteiger partial charge >= 0.3 is 11.9 Å². The van der Waals surface area contributed by atoms with Gasteiger partial charge in [0.1, 0.15) is 0 Å². The zero-order valence-electron chi connectivity index (χ0n) is 27.3. The molecule has 1 N–H and O–H groups in total. The zero-order chi connectivity index (χ0) is 34.1. The van der Waals surface area contributed by atoms with Gasteiger partial charge in [-0.1, -0.05) is 0 Å². The summed E-state index contributed by atoms with van der Waals surface area (Å²) in [6.07, 6.45) is 6.07. The molecular weight excluding hydrogens is 656 g/mol. The third kappa shape index (κ3) is 27.7. The number of morpholine rings is 2. The predicted molar refractivity (Wildman–Crippen MR) is 171 cm³/mol. The lowest BCUT2D eigenvalue weighted by atomic mass is 10.00. The largest absolute Gasteiger partial charge is 0.466 e. The molecule has 0 amide bonds. The van der Waals surface area contributed by atoms with Gasteiger partial charge in [-0.2, -0.15) is 8.42 Å². The third-order valence-corrected chi connectivity index (χ3v) is 7.34. The summed E-state index contributed by atoms with van der Waals surface area (Å²) in [6, 6.07) is 0. The molecule has 2 atom stereocenters. The quantitative estimate of drug-likeness (QED) is 0.123. The molecule has 0 unspecified atom stereocenters. The van der Waals surface area contributed by atoms with Crippen LogP contribution in [-0.4, -0.2) is 148 Å². The maximum atomic E-state index is 11.9. The lowest BCUT2D eigenvalue weighted by Crippen LogP contribution is -2.37. The van der Waals surface area contributed by atoms with E-state index >= 15 is 0 Å². The van der Waals surface area contributed by atoms with E-state index in [2.05, 4.69) is 20.5 Å². The molecule has 2 aliphatic rings. The van der Waals surface area contributed by atoms with Crippen molar-refractivity contribution >= 4 is 41.8 Å². The summed E-state index contributed by atoms with van der Waals surface area (Å²) in [4.78, 5) is 28.2. The van der Waals surface area contributed by atoms with E-state index in [4.69, 9.17) is 28.2 Å². The lowest BCUT2D eigenvalue weighted by Gasteiger charge is -2.27. The summed E-state index contributed by atoms with van der Waals surface area (Å²) < 4.78 is 66.1. The molecule has 0 aliphatic carbocycles. The molecule has 2 aliphatic heterocycles. The first kappa shape index (κ1) is 43.9. The molecule has 2 saturated heterocycles. The fourth-order valence-electron chi connectivity index (χ4n) is 4.55. The van der Waals surface area contributed by atoms with Crippen LogP contribution in [0.5, 0.6) is 0 Å². The fraction of sp³-hybridized carbons (Fsp3) is 0.929. The number of aliphatic hydroxyl groups is 1. The summed E-state index contributed by atoms with van der Waals surface area (Å²) in [5.74, 6) is -0.922. The second kappa shape index (κ2) is 25.9. The average Bonchev–Trinajstić information content (AvgIpc) is 2.96. The number of halogens is 1. The molecule has 268 valence electrons. The van der Waals surface area contributed by atoms with Crippen molar-refractivity contribution in [1.82, 2.24) is 9.80 Å². The maximum Gasteiger partial charge on any atom is 0.309 e. The Balaban J connectivity index is 0.000000758. The molecule has 0 aromatic rings. The van der Waals surface area contributed by atoms with Crippen LogP contribution in [0.3, 0.4) is 0 Å². The number of carbonyl (C=O) groups excluding carboxylic acids is 2. The Labute approximate surface area is 274 Å². The van der Waals surface area contributed by atoms with Crippen LogP contribution in [0.4, 0.5) is 0 Å². The molecular formula is C28H55ClN2O12S2. The number of esters is 2. The van der Waals surface area contributed by atoms with Crippen molar-refractivity contribution in [3.05, 3.63) is 0 Å². The molecule has 0 saturated carbocycles. The highest BCUT2D eigenvalue weighted by molar-refractivity contribution is 8.13. The van der Waals surface area contributed by atoms with Crippen LogP contribution >= 0.6 is 10.7 Å². The van der Waals surface area contributed by atoms with Crippen LogP contribution in [0.1, 0.15) is 52.4 Å². The average molecular weight is 711 g/mol. The molecule has 2 fully saturated rings. The van der Waals surface area contributed by atoms with Gasteiger partial charge in [0.25, 0.3) is 10.1 Å². The second-order valence-electron chi connectivity index (χ2n) is 10.6. The monoisotopic (exact) mass is 710 g/mol. The summed E-state index contributed by atoms with van der Waals surface area (Å²) in [5, 5.41) is 8.97. The topological polar surface area (TPSA) is 175 Å². The van der Waals surface area contributed by atoms with Gasteiger partial charge < -0.3 is 24.1 Å². The number of carbonyl (C=O) groups is 2. The highest BCUT2D eigenvalue weighted by Gasteiger charge is 2.22. The smallest absolute Gasteiger partial charge is 0.309 e. The Morgan fingerprint density at radius 1 is 0.756 bits per heavy atom. The molecule has 0 aromatic heterocycles. The first-order chi connectivity index (χ1) is 21.2. The van der Waals surface area contributed by atoms with Gasteiger partial charge in [0.15, 0.2) is 0 Å². The van der Waals surface area contributed by atoms with Crippen LogP contribution in [0.15, 0.2) is 0 Å². The van der Waals surface area contributed by atoms with Gasteiger partial charge in [0.2, 0.25) is 9.05 Å². The molecule has 0 bridgehead atoms. The first-order valence-corrected chi connectivity index (χ1v) is 20.0. The van der Waals surface area contributed by atoms with Crippen molar-refractivity contribution in [2.24, 2.45) is 11.8 Å². The predicted octanol–water partition coefficient (Wildman–Crippen LogP) is 1.49. The first-order valence-electron chi connectivity index (χ1n) is 15.5. The number of aliphatic hydroxyl groups excluding tert-OH is 1. The minimum absolute atomic E-state index is 0.0138. The minimum Gasteiger partial charge on any atom is -0.466 e. The molecule has 17 heteroatoms. The summed E-state index contributed by atoms with van der Waals surface area (Å²) in [5.41, 5.74) is 0. The zero-order valence-corrected chi connectivity index (χ0v) is 29.7. The van der Waals surface area contributed by atoms with Crippen LogP contribution < -0.4 is 0 Å². The maximum absolute atomic E-state index is 11.9. The van der Waals surface area contributed by atoms with E-state index in [-0.39, 0.29) is 37.0 Å². The van der Waals surface area contributed by atoms with Gasteiger partial charge in [0, 0.05) is 43.5 Å². The Hall–Kier alpha value is -1.11. The van der Waals surface area contributed by atoms with Gasteiger partial charge in [-0.05, 0) is 65.5 Å². The summed E-state index contributed by atoms with van der Waals surface area (Å²) >= 11 is 0. The van der Waals surface area contributed by atoms with Crippen LogP contribution in [0, 0.1) is 11.8 Å². The highest BCUT2D eigenvalue weighted by atomic mass is 35.7. The van der Waals surface area contributed by atoms with E-state index in [1.165, 1.54) is 0 Å². The molecule has 0 radical (unpaired) electrons. The van der Waals surface area contributed by atoms with E-state index in [1.807, 2.05) is 6.92 Å². The molecule has 0 spiro atoms. The Morgan fingerprint density at radius 3 is 1.47 bits per heavy atom. The highest BCUT2D eigenvalue weighted by Crippen LogP contribution is 2.16. The van der Waals surface area contributed by atoms with Crippen molar-refractivity contribution in [3.63, 3.8) is 0 Å². The number of nitrogens with zero attached hydrogens (tertiary/aromatic N) is 2. The fourth-order valence-corrected chi connectivity index (χ4v) is 4.95. The van der Waals surface area contributed by atoms with Crippen molar-refractivity contribution in [3.8, 4) is 0 Å². The minimum atomic E-state index is -3.47. The van der Waals surface area contributed by atoms with Crippen LogP contribution in [0.2, 0.25) is 0 Å². The van der Waals surface area contributed by atoms with Gasteiger partial charge in [0.05, 0.1) is 70.6 Å². The number of ether oxygens (including phenoxy) is 4. The van der Waals surface area contributed by atoms with Crippen molar-refractivity contribution < 1.29 is 54.7 Å². The van der Waals surface area contributed by atoms with Crippen LogP contribution in [0.25, 0.3) is 0 Å². The molecule has 45 heavy (non-hydrogen) atoms. The SMILES string of the molecule is CCOC(=O)[C@@H](CCO)CCCN1CCOCC1.CCOC(=O)[C@H](CCCN1CCOCC1)CCOS(C)(=O)=O.CS(=O)(=O)Cl. The number of hydrogen-bond acceptors (Lipinski definition) is 14. The van der Waals surface area contributed by atoms with E-state index in [1.54, 1.807) is 6.92 Å². The Kier molecular flexibility index (Phi) is 25.3. The van der Waals surface area contributed by atoms with E-state index in [0.717, 1.165) is 97.5 Å². The van der Waals surface area contributed by atoms with E-state index in [0.29, 0.717) is 32.5 Å². The van der Waals surface area contributed by atoms with E-state index < -0.39 is 19.2 Å². The lowest BCUT2D eigenvalue weighted by molar-refractivity contribution is -0.149. The Morgan fingerprint density at radius 2 is 1.13 bits per heavy atom. The Bertz CT molecular complexity index is 982. The molecule has 2 rings (SSSR count). The second-order valence-corrected chi connectivity index (χ2v) is 15.3. The van der Waals surface area contributed by atoms with Crippen molar-refractivity contribution in [2.45, 2.75) is 52.4 Å². The van der Waals surface area contributed by atoms with Crippen molar-refractivity contribution in [1.29, 1.82) is 0 Å². The van der Waals surface area contributed by atoms with Gasteiger partial charge in [-0.15, -0.1) is 0 Å². The third-order valence-electron chi connectivity index (χ3n) is 6.74. The van der Waals surface area contributed by atoms with Crippen LogP contribution in [-0.2, 0) is 51.9 Å². The standard InChI is InChI=1S/C14H27NO6S.C13H25NO4.CH3ClO2S/c1-3-20-14(16)13(6-10-21-22(2,17)18)5-4-7-15-8-11-19-12-9-15;1-2-18-13(16)12(5-9-15)4-3-6-14-7-10-17-11-8-14;1-5(2,3)4/h13H,3-12H2,1-2H3;12,15H,2-11H2,1H3;1H3/t13-;12-;/m11./s1. The van der Waals surface area contributed by atoms with Gasteiger partial charge in [-0.25, -0.2) is 8.42 Å². The van der Waals surface area contributed by atoms with Crippen molar-refractivity contribution in [2.75, 3.05) is 105 Å². The number of hydrogen-bond donors (Lipinski definition) is 1. The van der Waals surface area contributed by atoms with E-state index in [9.17, 15) is 26.4 Å². The molecule has 14 nitrogen and oxygen atoms in total. The summed E-state index contributed by atoms with van der Waals surface area (Å²) in [7, 11) is -2.16.